The molecule has 0 saturated heterocycles. The Labute approximate surface area is 360 Å². The van der Waals surface area contributed by atoms with E-state index in [4.69, 9.17) is 14.2 Å². The minimum Gasteiger partial charge on any atom is -0.493 e. The zero-order valence-electron chi connectivity index (χ0n) is 35.4. The van der Waals surface area contributed by atoms with Gasteiger partial charge in [0.25, 0.3) is 0 Å². The van der Waals surface area contributed by atoms with Crippen molar-refractivity contribution in [1.29, 1.82) is 0 Å². The number of rotatable bonds is 14. The van der Waals surface area contributed by atoms with Gasteiger partial charge in [-0.25, -0.2) is 0 Å². The predicted octanol–water partition coefficient (Wildman–Crippen LogP) is 16.1. The van der Waals surface area contributed by atoms with Crippen molar-refractivity contribution in [2.45, 2.75) is 108 Å². The predicted molar refractivity (Wildman–Crippen MR) is 234 cm³/mol. The molecule has 0 spiro atoms. The van der Waals surface area contributed by atoms with Crippen molar-refractivity contribution in [2.24, 2.45) is 17.8 Å². The topological polar surface area (TPSA) is 27.7 Å². The van der Waals surface area contributed by atoms with Gasteiger partial charge in [-0.05, 0) is 168 Å². The zero-order chi connectivity index (χ0) is 43.6. The van der Waals surface area contributed by atoms with E-state index >= 15 is 0 Å². The Balaban J connectivity index is 0.966. The van der Waals surface area contributed by atoms with E-state index in [0.717, 1.165) is 71.1 Å². The molecule has 0 N–H and O–H groups in total. The molecule has 62 heavy (non-hydrogen) atoms. The van der Waals surface area contributed by atoms with Crippen LogP contribution in [0, 0.1) is 17.8 Å². The highest BCUT2D eigenvalue weighted by molar-refractivity contribution is 5.98. The van der Waals surface area contributed by atoms with Crippen LogP contribution in [0.1, 0.15) is 107 Å². The van der Waals surface area contributed by atoms with Crippen LogP contribution in [-0.4, -0.2) is 24.6 Å². The first-order chi connectivity index (χ1) is 29.6. The monoisotopic (exact) mass is 852 g/mol. The molecule has 2 saturated carbocycles. The Kier molecular flexibility index (Phi) is 12.5. The van der Waals surface area contributed by atoms with Crippen molar-refractivity contribution in [1.82, 2.24) is 0 Å². The lowest BCUT2D eigenvalue weighted by Crippen LogP contribution is -2.43. The van der Waals surface area contributed by atoms with Gasteiger partial charge in [0.1, 0.15) is 35.2 Å². The van der Waals surface area contributed by atoms with Gasteiger partial charge in [-0.15, -0.1) is 0 Å². The highest BCUT2D eigenvalue weighted by atomic mass is 19.4. The van der Waals surface area contributed by atoms with E-state index in [-0.39, 0.29) is 29.1 Å². The molecule has 8 rings (SSSR count). The first-order valence-corrected chi connectivity index (χ1v) is 21.9. The van der Waals surface area contributed by atoms with Crippen LogP contribution >= 0.6 is 0 Å². The third-order valence-corrected chi connectivity index (χ3v) is 13.3. The molecule has 2 bridgehead atoms. The summed E-state index contributed by atoms with van der Waals surface area (Å²) in [6.45, 7) is 5.05. The van der Waals surface area contributed by atoms with Crippen LogP contribution < -0.4 is 14.2 Å². The summed E-state index contributed by atoms with van der Waals surface area (Å²) in [7, 11) is 0. The second kappa shape index (κ2) is 17.9. The second-order valence-electron chi connectivity index (χ2n) is 18.3. The van der Waals surface area contributed by atoms with Gasteiger partial charge in [-0.3, -0.25) is 0 Å². The van der Waals surface area contributed by atoms with Gasteiger partial charge in [0.2, 0.25) is 0 Å². The first kappa shape index (κ1) is 43.5. The van der Waals surface area contributed by atoms with Crippen molar-refractivity contribution < 1.29 is 40.6 Å². The first-order valence-electron chi connectivity index (χ1n) is 21.9. The summed E-state index contributed by atoms with van der Waals surface area (Å²) < 4.78 is 96.7. The van der Waals surface area contributed by atoms with Crippen LogP contribution in [0.3, 0.4) is 0 Å². The summed E-state index contributed by atoms with van der Waals surface area (Å²) >= 11 is 0. The highest BCUT2D eigenvalue weighted by Gasteiger charge is 2.57. The quantitative estimate of drug-likeness (QED) is 0.0807. The van der Waals surface area contributed by atoms with Gasteiger partial charge >= 0.3 is 12.4 Å². The summed E-state index contributed by atoms with van der Waals surface area (Å²) in [5.74, 6) is 0.570. The number of fused-ring (bicyclic) bond motifs is 4. The maximum absolute atomic E-state index is 13.1. The average molecular weight is 853 g/mol. The molecule has 0 radical (unpaired) electrons. The summed E-state index contributed by atoms with van der Waals surface area (Å²) in [4.78, 5) is 0. The molecule has 5 atom stereocenters. The Morgan fingerprint density at radius 2 is 1.05 bits per heavy atom. The molecule has 326 valence electrons. The fraction of sp³-hybridized carbons (Fsp3) is 0.396. The molecule has 2 fully saturated rings. The molecule has 0 amide bonds. The minimum absolute atomic E-state index is 0.0200. The number of alkyl halides is 6. The summed E-state index contributed by atoms with van der Waals surface area (Å²) in [5.41, 5.74) is 3.09. The molecule has 6 aromatic rings. The molecule has 2 aliphatic carbocycles. The molecule has 0 aromatic heterocycles. The number of hydrogen-bond acceptors (Lipinski definition) is 3. The molecule has 3 nitrogen and oxygen atoms in total. The molecular weight excluding hydrogens is 799 g/mol. The molecular formula is C53H54F6O3. The third-order valence-electron chi connectivity index (χ3n) is 13.3. The van der Waals surface area contributed by atoms with Crippen LogP contribution in [0.4, 0.5) is 26.3 Å². The van der Waals surface area contributed by atoms with Gasteiger partial charge in [0.15, 0.2) is 5.92 Å². The normalized spacial score (nSPS) is 20.8. The minimum atomic E-state index is -5.46. The van der Waals surface area contributed by atoms with Crippen molar-refractivity contribution in [3.63, 3.8) is 0 Å². The zero-order valence-corrected chi connectivity index (χ0v) is 35.4. The van der Waals surface area contributed by atoms with Crippen LogP contribution in [0.5, 0.6) is 23.0 Å². The van der Waals surface area contributed by atoms with E-state index in [1.165, 1.54) is 59.7 Å². The summed E-state index contributed by atoms with van der Waals surface area (Å²) in [6, 6.07) is 42.0. The van der Waals surface area contributed by atoms with Gasteiger partial charge in [-0.1, -0.05) is 99.8 Å². The standard InChI is InChI=1S/C53H54F6O3/c1-34(38-11-18-46(19-12-38)60-33-50(52(54,55)56)53(57,58)59)25-44(40-15-22-48(23-16-40)62-51(3)31-36-7-6-8-37(27-36)32-51)26-35(2)39-13-20-47(21-14-39)61-49-24-17-43-28-41-9-4-5-10-42(41)29-45(43)30-49/h4-5,9-24,28-30,34-37,44,50H,6-8,25-27,31-33H2,1-3H3. The van der Waals surface area contributed by atoms with E-state index in [0.29, 0.717) is 0 Å². The van der Waals surface area contributed by atoms with Crippen molar-refractivity contribution in [3.05, 3.63) is 144 Å². The third kappa shape index (κ3) is 10.5. The van der Waals surface area contributed by atoms with E-state index in [1.807, 2.05) is 30.3 Å². The fourth-order valence-electron chi connectivity index (χ4n) is 10.2. The van der Waals surface area contributed by atoms with Gasteiger partial charge in [0, 0.05) is 0 Å². The molecule has 9 heteroatoms. The Hall–Kier alpha value is -5.18. The molecule has 0 heterocycles. The van der Waals surface area contributed by atoms with E-state index in [1.54, 1.807) is 12.1 Å². The second-order valence-corrected chi connectivity index (χ2v) is 18.3. The van der Waals surface area contributed by atoms with Crippen molar-refractivity contribution in [3.8, 4) is 23.0 Å². The number of hydrogen-bond donors (Lipinski definition) is 0. The van der Waals surface area contributed by atoms with Crippen LogP contribution in [0.15, 0.2) is 127 Å². The Morgan fingerprint density at radius 3 is 1.61 bits per heavy atom. The lowest BCUT2D eigenvalue weighted by atomic mass is 9.66. The van der Waals surface area contributed by atoms with Crippen LogP contribution in [-0.2, 0) is 0 Å². The lowest BCUT2D eigenvalue weighted by Gasteiger charge is -2.45. The lowest BCUT2D eigenvalue weighted by molar-refractivity contribution is -0.289. The van der Waals surface area contributed by atoms with Crippen molar-refractivity contribution >= 4 is 21.5 Å². The number of ether oxygens (including phenoxy) is 3. The van der Waals surface area contributed by atoms with E-state index < -0.39 is 24.9 Å². The maximum atomic E-state index is 13.1. The molecule has 0 aliphatic heterocycles. The van der Waals surface area contributed by atoms with E-state index in [9.17, 15) is 26.3 Å². The van der Waals surface area contributed by atoms with E-state index in [2.05, 4.69) is 93.6 Å². The molecule has 2 aliphatic rings. The smallest absolute Gasteiger partial charge is 0.403 e. The number of benzene rings is 6. The fourth-order valence-corrected chi connectivity index (χ4v) is 10.2. The van der Waals surface area contributed by atoms with Crippen LogP contribution in [0.2, 0.25) is 0 Å². The largest absolute Gasteiger partial charge is 0.493 e. The van der Waals surface area contributed by atoms with Gasteiger partial charge in [-0.2, -0.15) is 26.3 Å². The Bertz CT molecular complexity index is 2400. The van der Waals surface area contributed by atoms with Gasteiger partial charge in [0.05, 0.1) is 0 Å². The van der Waals surface area contributed by atoms with Crippen LogP contribution in [0.25, 0.3) is 21.5 Å². The SMILES string of the molecule is CC(CC(CC(C)c1ccc(Oc2ccc3cc4ccccc4cc3c2)cc1)c1ccc(OC2(C)CC3CCCC(C3)C2)cc1)c1ccc(OCC(C(F)(F)F)C(F)(F)F)cc1. The van der Waals surface area contributed by atoms with Gasteiger partial charge < -0.3 is 14.2 Å². The molecule has 6 aromatic carbocycles. The summed E-state index contributed by atoms with van der Waals surface area (Å²) in [5, 5.41) is 4.64. The summed E-state index contributed by atoms with van der Waals surface area (Å²) in [6.07, 6.45) is -1.94. The molecule has 5 unspecified atom stereocenters. The average Bonchev–Trinajstić information content (AvgIpc) is 3.22. The Morgan fingerprint density at radius 1 is 0.565 bits per heavy atom. The maximum Gasteiger partial charge on any atom is 0.403 e. The number of halogens is 6. The highest BCUT2D eigenvalue weighted by Crippen LogP contribution is 2.47. The van der Waals surface area contributed by atoms with Crippen molar-refractivity contribution in [2.75, 3.05) is 6.61 Å².